The molecular weight excluding hydrogens is 528 g/mol. The number of aliphatic carboxylic acids is 3. The second-order valence-corrected chi connectivity index (χ2v) is 9.25. The molecule has 0 aliphatic carbocycles. The summed E-state index contributed by atoms with van der Waals surface area (Å²) < 4.78 is 17.5. The Morgan fingerprint density at radius 2 is 1.76 bits per heavy atom. The molecule has 0 bridgehead atoms. The fourth-order valence-corrected chi connectivity index (χ4v) is 4.66. The molecule has 1 aliphatic heterocycles. The van der Waals surface area contributed by atoms with Gasteiger partial charge in [0.15, 0.2) is 0 Å². The smallest absolute Gasteiger partial charge is 0.304 e. The molecular formula is C21H24BrClO10. The van der Waals surface area contributed by atoms with Crippen LogP contribution in [0.5, 0.6) is 5.75 Å². The SMILES string of the molecule is CC(=O)OC[C@@H]1O[C@H](Oc2cccc(Br)c2Cl)[C@@](C)(CC(=O)O)[C@@H](CC(=O)O)[C@H]1CC(=O)O. The minimum absolute atomic E-state index is 0.143. The number of carbonyl (C=O) groups is 4. The summed E-state index contributed by atoms with van der Waals surface area (Å²) in [5, 5.41) is 28.8. The molecule has 10 nitrogen and oxygen atoms in total. The molecule has 1 aromatic rings. The summed E-state index contributed by atoms with van der Waals surface area (Å²) in [6.45, 7) is 2.27. The summed E-state index contributed by atoms with van der Waals surface area (Å²) >= 11 is 9.55. The Balaban J connectivity index is 2.59. The van der Waals surface area contributed by atoms with Gasteiger partial charge < -0.3 is 29.5 Å². The summed E-state index contributed by atoms with van der Waals surface area (Å²) in [6, 6.07) is 4.81. The molecule has 33 heavy (non-hydrogen) atoms. The molecule has 12 heteroatoms. The molecule has 0 unspecified atom stereocenters. The number of halogens is 2. The zero-order valence-corrected chi connectivity index (χ0v) is 20.2. The van der Waals surface area contributed by atoms with Crippen molar-refractivity contribution in [2.24, 2.45) is 17.3 Å². The van der Waals surface area contributed by atoms with Crippen LogP contribution in [0.1, 0.15) is 33.1 Å². The van der Waals surface area contributed by atoms with Gasteiger partial charge >= 0.3 is 23.9 Å². The molecule has 0 radical (unpaired) electrons. The van der Waals surface area contributed by atoms with Crippen LogP contribution in [0, 0.1) is 17.3 Å². The maximum atomic E-state index is 11.8. The topological polar surface area (TPSA) is 157 Å². The van der Waals surface area contributed by atoms with Crippen LogP contribution in [-0.4, -0.2) is 58.2 Å². The van der Waals surface area contributed by atoms with Gasteiger partial charge in [0.2, 0.25) is 6.29 Å². The minimum atomic E-state index is -1.47. The van der Waals surface area contributed by atoms with Gasteiger partial charge in [0.1, 0.15) is 12.4 Å². The lowest BCUT2D eigenvalue weighted by Crippen LogP contribution is -2.59. The molecule has 1 saturated heterocycles. The van der Waals surface area contributed by atoms with E-state index in [-0.39, 0.29) is 17.4 Å². The first-order chi connectivity index (χ1) is 15.3. The van der Waals surface area contributed by atoms with E-state index < -0.39 is 72.8 Å². The lowest BCUT2D eigenvalue weighted by atomic mass is 9.62. The molecule has 5 atom stereocenters. The first-order valence-corrected chi connectivity index (χ1v) is 11.1. The standard InChI is InChI=1S/C21H24BrClO10/c1-10(24)31-9-15-11(6-16(25)26)12(7-17(27)28)21(2,8-18(29)30)20(33-15)32-14-5-3-4-13(22)19(14)23/h3-5,11-12,15,20H,6-9H2,1-2H3,(H,25,26)(H,27,28)(H,29,30)/t11-,12+,15+,20+,21+/m1/s1. The van der Waals surface area contributed by atoms with Gasteiger partial charge in [0.05, 0.1) is 24.0 Å². The van der Waals surface area contributed by atoms with Crippen molar-refractivity contribution in [1.29, 1.82) is 0 Å². The second-order valence-electron chi connectivity index (χ2n) is 8.02. The summed E-state index contributed by atoms with van der Waals surface area (Å²) in [5.74, 6) is -6.22. The van der Waals surface area contributed by atoms with Crippen molar-refractivity contribution in [2.45, 2.75) is 45.5 Å². The van der Waals surface area contributed by atoms with Crippen molar-refractivity contribution in [3.05, 3.63) is 27.7 Å². The van der Waals surface area contributed by atoms with E-state index in [9.17, 15) is 34.5 Å². The van der Waals surface area contributed by atoms with Crippen LogP contribution in [0.25, 0.3) is 0 Å². The van der Waals surface area contributed by atoms with Crippen molar-refractivity contribution in [1.82, 2.24) is 0 Å². The second kappa shape index (κ2) is 11.2. The van der Waals surface area contributed by atoms with Crippen LogP contribution >= 0.6 is 27.5 Å². The zero-order chi connectivity index (χ0) is 24.9. The van der Waals surface area contributed by atoms with E-state index in [1.807, 2.05) is 0 Å². The van der Waals surface area contributed by atoms with E-state index in [0.717, 1.165) is 6.92 Å². The van der Waals surface area contributed by atoms with E-state index in [1.54, 1.807) is 12.1 Å². The number of benzene rings is 1. The molecule has 1 aliphatic rings. The third-order valence-corrected chi connectivity index (χ3v) is 6.90. The van der Waals surface area contributed by atoms with Crippen LogP contribution in [0.15, 0.2) is 22.7 Å². The number of esters is 1. The summed E-state index contributed by atoms with van der Waals surface area (Å²) in [7, 11) is 0. The van der Waals surface area contributed by atoms with Crippen molar-refractivity contribution >= 4 is 51.4 Å². The Morgan fingerprint density at radius 1 is 1.12 bits per heavy atom. The highest BCUT2D eigenvalue weighted by Gasteiger charge is 2.56. The highest BCUT2D eigenvalue weighted by molar-refractivity contribution is 9.10. The Bertz CT molecular complexity index is 922. The number of ether oxygens (including phenoxy) is 3. The Hall–Kier alpha value is -2.37. The van der Waals surface area contributed by atoms with Crippen LogP contribution in [0.3, 0.4) is 0 Å². The van der Waals surface area contributed by atoms with Crippen molar-refractivity contribution in [2.75, 3.05) is 6.61 Å². The van der Waals surface area contributed by atoms with E-state index in [0.29, 0.717) is 4.47 Å². The maximum absolute atomic E-state index is 11.8. The number of hydrogen-bond donors (Lipinski definition) is 3. The zero-order valence-electron chi connectivity index (χ0n) is 17.8. The predicted molar refractivity (Wildman–Crippen MR) is 117 cm³/mol. The molecule has 0 aromatic heterocycles. The third-order valence-electron chi connectivity index (χ3n) is 5.62. The average Bonchev–Trinajstić information content (AvgIpc) is 2.68. The van der Waals surface area contributed by atoms with Gasteiger partial charge in [-0.2, -0.15) is 0 Å². The largest absolute Gasteiger partial charge is 0.481 e. The van der Waals surface area contributed by atoms with E-state index in [2.05, 4.69) is 15.9 Å². The molecule has 1 aromatic carbocycles. The van der Waals surface area contributed by atoms with E-state index >= 15 is 0 Å². The highest BCUT2D eigenvalue weighted by Crippen LogP contribution is 2.51. The summed E-state index contributed by atoms with van der Waals surface area (Å²) in [4.78, 5) is 46.5. The number of rotatable bonds is 10. The van der Waals surface area contributed by atoms with Gasteiger partial charge in [-0.1, -0.05) is 24.6 Å². The first kappa shape index (κ1) is 26.9. The van der Waals surface area contributed by atoms with Crippen LogP contribution < -0.4 is 4.74 Å². The van der Waals surface area contributed by atoms with E-state index in [1.165, 1.54) is 13.0 Å². The van der Waals surface area contributed by atoms with Crippen LogP contribution in [0.2, 0.25) is 5.02 Å². The molecule has 0 spiro atoms. The van der Waals surface area contributed by atoms with Gasteiger partial charge in [-0.25, -0.2) is 0 Å². The first-order valence-electron chi connectivity index (χ1n) is 9.90. The summed E-state index contributed by atoms with van der Waals surface area (Å²) in [5.41, 5.74) is -1.47. The molecule has 1 heterocycles. The Labute approximate surface area is 202 Å². The van der Waals surface area contributed by atoms with Gasteiger partial charge in [0.25, 0.3) is 0 Å². The highest BCUT2D eigenvalue weighted by atomic mass is 79.9. The molecule has 2 rings (SSSR count). The Kier molecular flexibility index (Phi) is 9.10. The van der Waals surface area contributed by atoms with Gasteiger partial charge in [-0.05, 0) is 34.0 Å². The average molecular weight is 552 g/mol. The molecule has 3 N–H and O–H groups in total. The fourth-order valence-electron chi connectivity index (χ4n) is 4.14. The van der Waals surface area contributed by atoms with Gasteiger partial charge in [-0.15, -0.1) is 0 Å². The quantitative estimate of drug-likeness (QED) is 0.368. The normalized spacial score (nSPS) is 26.9. The third kappa shape index (κ3) is 6.81. The lowest BCUT2D eigenvalue weighted by Gasteiger charge is -2.52. The summed E-state index contributed by atoms with van der Waals surface area (Å²) in [6.07, 6.45) is -4.04. The molecule has 0 saturated carbocycles. The number of hydrogen-bond acceptors (Lipinski definition) is 7. The fraction of sp³-hybridized carbons (Fsp3) is 0.524. The number of carboxylic acids is 3. The molecule has 1 fully saturated rings. The minimum Gasteiger partial charge on any atom is -0.481 e. The van der Waals surface area contributed by atoms with Gasteiger partial charge in [-0.3, -0.25) is 19.2 Å². The lowest BCUT2D eigenvalue weighted by molar-refractivity contribution is -0.269. The van der Waals surface area contributed by atoms with Crippen molar-refractivity contribution in [3.63, 3.8) is 0 Å². The van der Waals surface area contributed by atoms with Crippen molar-refractivity contribution in [3.8, 4) is 5.75 Å². The van der Waals surface area contributed by atoms with Gasteiger partial charge in [0, 0.05) is 29.2 Å². The number of carbonyl (C=O) groups excluding carboxylic acids is 1. The monoisotopic (exact) mass is 550 g/mol. The maximum Gasteiger partial charge on any atom is 0.304 e. The predicted octanol–water partition coefficient (Wildman–Crippen LogP) is 3.43. The number of carboxylic acid groups (broad SMARTS) is 3. The Morgan fingerprint density at radius 3 is 2.30 bits per heavy atom. The molecule has 182 valence electrons. The van der Waals surface area contributed by atoms with Crippen LogP contribution in [-0.2, 0) is 28.7 Å². The van der Waals surface area contributed by atoms with Crippen LogP contribution in [0.4, 0.5) is 0 Å². The molecule has 0 amide bonds. The van der Waals surface area contributed by atoms with Crippen molar-refractivity contribution < 1.29 is 48.7 Å². The van der Waals surface area contributed by atoms with E-state index in [4.69, 9.17) is 25.8 Å².